The van der Waals surface area contributed by atoms with Gasteiger partial charge in [-0.2, -0.15) is 0 Å². The molecule has 0 spiro atoms. The molecular weight excluding hydrogens is 352 g/mol. The number of methoxy groups -OCH3 is 1. The lowest BCUT2D eigenvalue weighted by Crippen LogP contribution is -2.26. The van der Waals surface area contributed by atoms with Gasteiger partial charge < -0.3 is 15.4 Å². The average molecular weight is 376 g/mol. The number of amides is 1. The second kappa shape index (κ2) is 9.50. The zero-order valence-electron chi connectivity index (χ0n) is 16.1. The van der Waals surface area contributed by atoms with E-state index in [0.29, 0.717) is 24.6 Å². The standard InChI is InChI=1S/C22H24N4O2/c1-16-5-3-4-6-18(16)15-24-21-12-11-20(25-26-21)22(27)23-14-13-17-7-9-19(28-2)10-8-17/h3-12H,13-15H2,1-2H3,(H,23,27)(H,24,26). The first-order chi connectivity index (χ1) is 13.7. The molecule has 0 bridgehead atoms. The smallest absolute Gasteiger partial charge is 0.271 e. The number of hydrogen-bond donors (Lipinski definition) is 2. The molecule has 0 unspecified atom stereocenters. The Hall–Kier alpha value is -3.41. The summed E-state index contributed by atoms with van der Waals surface area (Å²) in [5.41, 5.74) is 3.85. The van der Waals surface area contributed by atoms with Crippen LogP contribution in [0.15, 0.2) is 60.7 Å². The van der Waals surface area contributed by atoms with Crippen LogP contribution in [-0.4, -0.2) is 29.8 Å². The quantitative estimate of drug-likeness (QED) is 0.630. The maximum absolute atomic E-state index is 12.2. The largest absolute Gasteiger partial charge is 0.497 e. The summed E-state index contributed by atoms with van der Waals surface area (Å²) in [5, 5.41) is 14.2. The van der Waals surface area contributed by atoms with Gasteiger partial charge in [-0.1, -0.05) is 36.4 Å². The molecular formula is C22H24N4O2. The number of aryl methyl sites for hydroxylation is 1. The Morgan fingerprint density at radius 2 is 1.79 bits per heavy atom. The van der Waals surface area contributed by atoms with Gasteiger partial charge in [-0.05, 0) is 54.3 Å². The number of nitrogens with zero attached hydrogens (tertiary/aromatic N) is 2. The number of rotatable bonds is 8. The van der Waals surface area contributed by atoms with Crippen LogP contribution in [-0.2, 0) is 13.0 Å². The predicted octanol–water partition coefficient (Wildman–Crippen LogP) is 3.38. The van der Waals surface area contributed by atoms with Crippen LogP contribution in [0.4, 0.5) is 5.82 Å². The minimum atomic E-state index is -0.230. The molecule has 0 atom stereocenters. The molecule has 0 fully saturated rings. The summed E-state index contributed by atoms with van der Waals surface area (Å²) in [6.07, 6.45) is 0.735. The fourth-order valence-corrected chi connectivity index (χ4v) is 2.74. The molecule has 3 aromatic rings. The summed E-state index contributed by atoms with van der Waals surface area (Å²) in [5.74, 6) is 1.23. The van der Waals surface area contributed by atoms with E-state index in [2.05, 4.69) is 39.9 Å². The van der Waals surface area contributed by atoms with Crippen LogP contribution < -0.4 is 15.4 Å². The number of carbonyl (C=O) groups is 1. The number of ether oxygens (including phenoxy) is 1. The molecule has 0 aliphatic rings. The van der Waals surface area contributed by atoms with Gasteiger partial charge in [-0.15, -0.1) is 10.2 Å². The van der Waals surface area contributed by atoms with E-state index in [4.69, 9.17) is 4.74 Å². The molecule has 0 saturated heterocycles. The van der Waals surface area contributed by atoms with Crippen LogP contribution in [0.1, 0.15) is 27.2 Å². The highest BCUT2D eigenvalue weighted by Crippen LogP contribution is 2.12. The Morgan fingerprint density at radius 1 is 1.00 bits per heavy atom. The van der Waals surface area contributed by atoms with Crippen LogP contribution >= 0.6 is 0 Å². The Kier molecular flexibility index (Phi) is 6.57. The van der Waals surface area contributed by atoms with E-state index in [9.17, 15) is 4.79 Å². The second-order valence-electron chi connectivity index (χ2n) is 6.44. The van der Waals surface area contributed by atoms with Crippen molar-refractivity contribution in [1.82, 2.24) is 15.5 Å². The average Bonchev–Trinajstić information content (AvgIpc) is 2.74. The summed E-state index contributed by atoms with van der Waals surface area (Å²) in [6.45, 7) is 3.26. The van der Waals surface area contributed by atoms with Crippen molar-refractivity contribution in [3.8, 4) is 5.75 Å². The highest BCUT2D eigenvalue weighted by atomic mass is 16.5. The summed E-state index contributed by atoms with van der Waals surface area (Å²) in [7, 11) is 1.64. The van der Waals surface area contributed by atoms with Gasteiger partial charge >= 0.3 is 0 Å². The molecule has 144 valence electrons. The van der Waals surface area contributed by atoms with Crippen molar-refractivity contribution in [2.75, 3.05) is 19.0 Å². The topological polar surface area (TPSA) is 76.1 Å². The van der Waals surface area contributed by atoms with Gasteiger partial charge in [0.05, 0.1) is 7.11 Å². The molecule has 1 amide bonds. The van der Waals surface area contributed by atoms with Crippen molar-refractivity contribution < 1.29 is 9.53 Å². The first-order valence-electron chi connectivity index (χ1n) is 9.19. The van der Waals surface area contributed by atoms with E-state index < -0.39 is 0 Å². The van der Waals surface area contributed by atoms with E-state index in [0.717, 1.165) is 17.7 Å². The van der Waals surface area contributed by atoms with Crippen LogP contribution in [0, 0.1) is 6.92 Å². The molecule has 0 aliphatic carbocycles. The first-order valence-corrected chi connectivity index (χ1v) is 9.19. The third-order valence-corrected chi connectivity index (χ3v) is 4.48. The molecule has 3 rings (SSSR count). The molecule has 6 heteroatoms. The second-order valence-corrected chi connectivity index (χ2v) is 6.44. The van der Waals surface area contributed by atoms with Gasteiger partial charge in [0.15, 0.2) is 5.69 Å². The number of benzene rings is 2. The Balaban J connectivity index is 1.47. The van der Waals surface area contributed by atoms with Crippen molar-refractivity contribution in [2.45, 2.75) is 19.9 Å². The SMILES string of the molecule is COc1ccc(CCNC(=O)c2ccc(NCc3ccccc3C)nn2)cc1. The number of carbonyl (C=O) groups excluding carboxylic acids is 1. The van der Waals surface area contributed by atoms with Gasteiger partial charge in [0.25, 0.3) is 5.91 Å². The lowest BCUT2D eigenvalue weighted by molar-refractivity contribution is 0.0948. The van der Waals surface area contributed by atoms with Crippen molar-refractivity contribution in [1.29, 1.82) is 0 Å². The number of aromatic nitrogens is 2. The zero-order valence-corrected chi connectivity index (χ0v) is 16.1. The summed E-state index contributed by atoms with van der Waals surface area (Å²) >= 11 is 0. The minimum Gasteiger partial charge on any atom is -0.497 e. The summed E-state index contributed by atoms with van der Waals surface area (Å²) in [4.78, 5) is 12.2. The van der Waals surface area contributed by atoms with Gasteiger partial charge in [0.2, 0.25) is 0 Å². The van der Waals surface area contributed by atoms with Crippen LogP contribution in [0.3, 0.4) is 0 Å². The Bertz CT molecular complexity index is 909. The molecule has 6 nitrogen and oxygen atoms in total. The molecule has 0 aliphatic heterocycles. The van der Waals surface area contributed by atoms with Crippen LogP contribution in [0.2, 0.25) is 0 Å². The first kappa shape index (κ1) is 19.4. The summed E-state index contributed by atoms with van der Waals surface area (Å²) in [6, 6.07) is 19.4. The lowest BCUT2D eigenvalue weighted by atomic mass is 10.1. The number of hydrogen-bond acceptors (Lipinski definition) is 5. The number of anilines is 1. The predicted molar refractivity (Wildman–Crippen MR) is 110 cm³/mol. The fourth-order valence-electron chi connectivity index (χ4n) is 2.74. The van der Waals surface area contributed by atoms with Crippen LogP contribution in [0.25, 0.3) is 0 Å². The molecule has 0 radical (unpaired) electrons. The highest BCUT2D eigenvalue weighted by molar-refractivity contribution is 5.92. The van der Waals surface area contributed by atoms with Gasteiger partial charge in [-0.25, -0.2) is 0 Å². The lowest BCUT2D eigenvalue weighted by Gasteiger charge is -2.08. The maximum Gasteiger partial charge on any atom is 0.271 e. The molecule has 28 heavy (non-hydrogen) atoms. The van der Waals surface area contributed by atoms with Gasteiger partial charge in [-0.3, -0.25) is 4.79 Å². The van der Waals surface area contributed by atoms with Crippen molar-refractivity contribution in [3.63, 3.8) is 0 Å². The molecule has 1 heterocycles. The third kappa shape index (κ3) is 5.30. The molecule has 0 saturated carbocycles. The van der Waals surface area contributed by atoms with Crippen molar-refractivity contribution in [2.24, 2.45) is 0 Å². The number of nitrogens with one attached hydrogen (secondary N) is 2. The highest BCUT2D eigenvalue weighted by Gasteiger charge is 2.08. The Labute approximate surface area is 165 Å². The fraction of sp³-hybridized carbons (Fsp3) is 0.227. The summed E-state index contributed by atoms with van der Waals surface area (Å²) < 4.78 is 5.14. The minimum absolute atomic E-state index is 0.230. The molecule has 2 N–H and O–H groups in total. The zero-order chi connectivity index (χ0) is 19.8. The molecule has 1 aromatic heterocycles. The normalized spacial score (nSPS) is 10.4. The Morgan fingerprint density at radius 3 is 2.46 bits per heavy atom. The van der Waals surface area contributed by atoms with E-state index in [1.807, 2.05) is 36.4 Å². The van der Waals surface area contributed by atoms with Crippen molar-refractivity contribution in [3.05, 3.63) is 83.0 Å². The monoisotopic (exact) mass is 376 g/mol. The van der Waals surface area contributed by atoms with Crippen molar-refractivity contribution >= 4 is 11.7 Å². The molecule has 2 aromatic carbocycles. The van der Waals surface area contributed by atoms with Gasteiger partial charge in [0.1, 0.15) is 11.6 Å². The van der Waals surface area contributed by atoms with Crippen LogP contribution in [0.5, 0.6) is 5.75 Å². The maximum atomic E-state index is 12.2. The van der Waals surface area contributed by atoms with E-state index in [1.54, 1.807) is 19.2 Å². The third-order valence-electron chi connectivity index (χ3n) is 4.48. The van der Waals surface area contributed by atoms with E-state index >= 15 is 0 Å². The van der Waals surface area contributed by atoms with Gasteiger partial charge in [0, 0.05) is 13.1 Å². The van der Waals surface area contributed by atoms with E-state index in [-0.39, 0.29) is 5.91 Å². The van der Waals surface area contributed by atoms with E-state index in [1.165, 1.54) is 11.1 Å².